The van der Waals surface area contributed by atoms with Crippen LogP contribution in [0, 0.1) is 5.41 Å². The van der Waals surface area contributed by atoms with E-state index in [-0.39, 0.29) is 11.3 Å². The average Bonchev–Trinajstić information content (AvgIpc) is 3.11. The molecular weight excluding hydrogens is 312 g/mol. The fraction of sp³-hybridized carbons (Fsp3) is 0.476. The third kappa shape index (κ3) is 4.06. The van der Waals surface area contributed by atoms with Gasteiger partial charge in [0.25, 0.3) is 5.91 Å². The molecule has 0 fully saturated rings. The second-order valence-corrected chi connectivity index (χ2v) is 8.13. The minimum absolute atomic E-state index is 0.0480. The number of amides is 1. The van der Waals surface area contributed by atoms with Gasteiger partial charge < -0.3 is 14.6 Å². The highest BCUT2D eigenvalue weighted by Gasteiger charge is 2.28. The van der Waals surface area contributed by atoms with Crippen LogP contribution in [0.4, 0.5) is 5.69 Å². The van der Waals surface area contributed by atoms with Gasteiger partial charge in [0.1, 0.15) is 5.76 Å². The number of hydrogen-bond acceptors (Lipinski definition) is 3. The van der Waals surface area contributed by atoms with E-state index >= 15 is 0 Å². The van der Waals surface area contributed by atoms with Crippen molar-refractivity contribution < 1.29 is 9.21 Å². The number of furan rings is 1. The molecular formula is C21H28N2O2. The number of hydrogen-bond donors (Lipinski definition) is 1. The zero-order valence-corrected chi connectivity index (χ0v) is 15.6. The molecule has 1 unspecified atom stereocenters. The smallest absolute Gasteiger partial charge is 0.254 e. The van der Waals surface area contributed by atoms with Gasteiger partial charge in [-0.2, -0.15) is 0 Å². The summed E-state index contributed by atoms with van der Waals surface area (Å²) in [7, 11) is 0. The third-order valence-electron chi connectivity index (χ3n) is 4.81. The number of carbonyl (C=O) groups excluding carboxylic acids is 1. The maximum Gasteiger partial charge on any atom is 0.254 e. The molecule has 1 aliphatic rings. The first-order valence-electron chi connectivity index (χ1n) is 9.04. The van der Waals surface area contributed by atoms with Crippen molar-refractivity contribution in [3.63, 3.8) is 0 Å². The van der Waals surface area contributed by atoms with Crippen LogP contribution >= 0.6 is 0 Å². The van der Waals surface area contributed by atoms with Gasteiger partial charge in [0.05, 0.1) is 18.4 Å². The molecule has 1 aliphatic heterocycles. The molecule has 0 radical (unpaired) electrons. The largest absolute Gasteiger partial charge is 0.467 e. The molecule has 4 heteroatoms. The quantitative estimate of drug-likeness (QED) is 0.877. The number of benzene rings is 1. The zero-order valence-electron chi connectivity index (χ0n) is 15.6. The topological polar surface area (TPSA) is 45.5 Å². The van der Waals surface area contributed by atoms with Crippen molar-refractivity contribution in [2.45, 2.75) is 53.1 Å². The summed E-state index contributed by atoms with van der Waals surface area (Å²) in [5, 5.41) is 3.02. The summed E-state index contributed by atoms with van der Waals surface area (Å²) in [4.78, 5) is 14.8. The molecule has 1 amide bonds. The van der Waals surface area contributed by atoms with Crippen LogP contribution in [-0.2, 0) is 13.0 Å². The fourth-order valence-corrected chi connectivity index (χ4v) is 3.34. The highest BCUT2D eigenvalue weighted by atomic mass is 16.3. The Kier molecular flexibility index (Phi) is 4.89. The molecule has 0 spiro atoms. The molecule has 134 valence electrons. The first kappa shape index (κ1) is 17.6. The van der Waals surface area contributed by atoms with Crippen LogP contribution in [0.1, 0.15) is 55.8 Å². The van der Waals surface area contributed by atoms with E-state index in [0.717, 1.165) is 18.6 Å². The summed E-state index contributed by atoms with van der Waals surface area (Å²) in [5.74, 6) is 0.685. The lowest BCUT2D eigenvalue weighted by Crippen LogP contribution is -2.31. The van der Waals surface area contributed by atoms with Crippen molar-refractivity contribution in [2.75, 3.05) is 11.4 Å². The second kappa shape index (κ2) is 6.95. The lowest BCUT2D eigenvalue weighted by atomic mass is 9.92. The van der Waals surface area contributed by atoms with Crippen molar-refractivity contribution >= 4 is 11.6 Å². The summed E-state index contributed by atoms with van der Waals surface area (Å²) in [5.41, 5.74) is 3.45. The lowest BCUT2D eigenvalue weighted by Gasteiger charge is -2.24. The Morgan fingerprint density at radius 1 is 1.28 bits per heavy atom. The predicted octanol–water partition coefficient (Wildman–Crippen LogP) is 4.40. The Hall–Kier alpha value is -2.23. The first-order valence-corrected chi connectivity index (χ1v) is 9.04. The van der Waals surface area contributed by atoms with Crippen molar-refractivity contribution in [2.24, 2.45) is 5.41 Å². The van der Waals surface area contributed by atoms with Crippen LogP contribution < -0.4 is 10.2 Å². The highest BCUT2D eigenvalue weighted by molar-refractivity contribution is 5.95. The maximum absolute atomic E-state index is 12.5. The number of para-hydroxylation sites is 1. The van der Waals surface area contributed by atoms with E-state index in [1.54, 1.807) is 12.3 Å². The molecule has 25 heavy (non-hydrogen) atoms. The van der Waals surface area contributed by atoms with E-state index in [1.807, 2.05) is 0 Å². The molecule has 1 atom stereocenters. The van der Waals surface area contributed by atoms with Crippen LogP contribution in [0.25, 0.3) is 0 Å². The van der Waals surface area contributed by atoms with Gasteiger partial charge in [-0.1, -0.05) is 39.0 Å². The monoisotopic (exact) mass is 340 g/mol. The van der Waals surface area contributed by atoms with E-state index in [0.29, 0.717) is 24.7 Å². The van der Waals surface area contributed by atoms with E-state index < -0.39 is 0 Å². The number of anilines is 1. The fourth-order valence-electron chi connectivity index (χ4n) is 3.34. The van der Waals surface area contributed by atoms with Crippen LogP contribution in [0.5, 0.6) is 0 Å². The predicted molar refractivity (Wildman–Crippen MR) is 101 cm³/mol. The molecule has 2 heterocycles. The maximum atomic E-state index is 12.5. The standard InChI is InChI=1S/C21H28N2O2/c1-15-13-16-7-5-6-8-18(16)23(15)14-19-17(9-12-25-19)20(24)22-11-10-21(2,3)4/h5-9,12,15H,10-11,13-14H2,1-4H3,(H,22,24). The number of rotatable bonds is 5. The van der Waals surface area contributed by atoms with Gasteiger partial charge in [-0.3, -0.25) is 4.79 Å². The zero-order chi connectivity index (χ0) is 18.0. The van der Waals surface area contributed by atoms with Crippen molar-refractivity contribution in [1.82, 2.24) is 5.32 Å². The molecule has 1 N–H and O–H groups in total. The van der Waals surface area contributed by atoms with Crippen LogP contribution in [-0.4, -0.2) is 18.5 Å². The Morgan fingerprint density at radius 2 is 2.04 bits per heavy atom. The molecule has 0 aliphatic carbocycles. The molecule has 4 nitrogen and oxygen atoms in total. The summed E-state index contributed by atoms with van der Waals surface area (Å²) in [6.45, 7) is 10.0. The van der Waals surface area contributed by atoms with Crippen LogP contribution in [0.2, 0.25) is 0 Å². The number of carbonyl (C=O) groups is 1. The average molecular weight is 340 g/mol. The highest BCUT2D eigenvalue weighted by Crippen LogP contribution is 2.33. The molecule has 0 saturated heterocycles. The minimum Gasteiger partial charge on any atom is -0.467 e. The normalized spacial score (nSPS) is 16.8. The molecule has 1 aromatic carbocycles. The van der Waals surface area contributed by atoms with Gasteiger partial charge in [0, 0.05) is 18.3 Å². The van der Waals surface area contributed by atoms with Crippen molar-refractivity contribution in [1.29, 1.82) is 0 Å². The lowest BCUT2D eigenvalue weighted by molar-refractivity contribution is 0.0947. The summed E-state index contributed by atoms with van der Waals surface area (Å²) < 4.78 is 5.66. The van der Waals surface area contributed by atoms with Gasteiger partial charge in [0.15, 0.2) is 0 Å². The van der Waals surface area contributed by atoms with Crippen molar-refractivity contribution in [3.05, 3.63) is 53.5 Å². The van der Waals surface area contributed by atoms with E-state index in [4.69, 9.17) is 4.42 Å². The van der Waals surface area contributed by atoms with Gasteiger partial charge in [0.2, 0.25) is 0 Å². The molecule has 1 aromatic heterocycles. The van der Waals surface area contributed by atoms with Gasteiger partial charge in [-0.05, 0) is 42.9 Å². The molecule has 2 aromatic rings. The summed E-state index contributed by atoms with van der Waals surface area (Å²) in [6, 6.07) is 10.6. The van der Waals surface area contributed by atoms with Crippen LogP contribution in [0.15, 0.2) is 41.0 Å². The van der Waals surface area contributed by atoms with Gasteiger partial charge >= 0.3 is 0 Å². The van der Waals surface area contributed by atoms with E-state index in [1.165, 1.54) is 11.3 Å². The molecule has 3 rings (SSSR count). The Bertz CT molecular complexity index is 742. The minimum atomic E-state index is -0.0480. The summed E-state index contributed by atoms with van der Waals surface area (Å²) in [6.07, 6.45) is 3.59. The first-order chi connectivity index (χ1) is 11.8. The SMILES string of the molecule is CC1Cc2ccccc2N1Cc1occc1C(=O)NCCC(C)(C)C. The number of nitrogens with zero attached hydrogens (tertiary/aromatic N) is 1. The van der Waals surface area contributed by atoms with Gasteiger partial charge in [-0.25, -0.2) is 0 Å². The Balaban J connectivity index is 1.69. The molecule has 0 saturated carbocycles. The third-order valence-corrected chi connectivity index (χ3v) is 4.81. The summed E-state index contributed by atoms with van der Waals surface area (Å²) >= 11 is 0. The number of fused-ring (bicyclic) bond motifs is 1. The van der Waals surface area contributed by atoms with Gasteiger partial charge in [-0.15, -0.1) is 0 Å². The molecule has 0 bridgehead atoms. The van der Waals surface area contributed by atoms with E-state index in [9.17, 15) is 4.79 Å². The number of nitrogens with one attached hydrogen (secondary N) is 1. The van der Waals surface area contributed by atoms with Crippen molar-refractivity contribution in [3.8, 4) is 0 Å². The Morgan fingerprint density at radius 3 is 2.80 bits per heavy atom. The Labute approximate surface area is 150 Å². The van der Waals surface area contributed by atoms with Crippen LogP contribution in [0.3, 0.4) is 0 Å². The van der Waals surface area contributed by atoms with E-state index in [2.05, 4.69) is 62.2 Å². The second-order valence-electron chi connectivity index (χ2n) is 8.13.